The van der Waals surface area contributed by atoms with Crippen molar-refractivity contribution in [1.82, 2.24) is 0 Å². The molecule has 2 unspecified atom stereocenters. The Morgan fingerprint density at radius 2 is 1.67 bits per heavy atom. The Morgan fingerprint density at radius 1 is 1.22 bits per heavy atom. The highest BCUT2D eigenvalue weighted by molar-refractivity contribution is 9.09. The molecule has 56 valence electrons. The molecule has 0 aromatic carbocycles. The Balaban J connectivity index is 3.68. The summed E-state index contributed by atoms with van der Waals surface area (Å²) in [5.41, 5.74) is 0. The van der Waals surface area contributed by atoms with Crippen LogP contribution in [0.25, 0.3) is 0 Å². The molecule has 0 aliphatic heterocycles. The van der Waals surface area contributed by atoms with Gasteiger partial charge in [-0.2, -0.15) is 0 Å². The first kappa shape index (κ1) is 9.48. The van der Waals surface area contributed by atoms with Gasteiger partial charge in [-0.05, 0) is 11.8 Å². The van der Waals surface area contributed by atoms with Crippen molar-refractivity contribution < 1.29 is 0 Å². The Labute approximate surface area is 67.2 Å². The highest BCUT2D eigenvalue weighted by Crippen LogP contribution is 2.23. The first-order chi connectivity index (χ1) is 4.09. The molecule has 0 aliphatic rings. The van der Waals surface area contributed by atoms with Crippen LogP contribution in [-0.4, -0.2) is 4.83 Å². The van der Waals surface area contributed by atoms with E-state index in [1.54, 1.807) is 0 Å². The standard InChI is InChI=1S/C8H17Br/c1-5-8(6(2)3)7(4)9/h6-8H,5H2,1-4H3. The lowest BCUT2D eigenvalue weighted by atomic mass is 9.91. The van der Waals surface area contributed by atoms with Crippen LogP contribution < -0.4 is 0 Å². The van der Waals surface area contributed by atoms with Crippen LogP contribution >= 0.6 is 15.9 Å². The lowest BCUT2D eigenvalue weighted by Gasteiger charge is -2.21. The minimum atomic E-state index is 0.669. The number of hydrogen-bond acceptors (Lipinski definition) is 0. The normalized spacial score (nSPS) is 18.0. The molecule has 0 bridgehead atoms. The van der Waals surface area contributed by atoms with Crippen LogP contribution in [0.4, 0.5) is 0 Å². The molecular formula is C8H17Br. The Kier molecular flexibility index (Phi) is 4.55. The molecule has 0 aliphatic carbocycles. The van der Waals surface area contributed by atoms with Gasteiger partial charge in [-0.1, -0.05) is 50.0 Å². The number of hydrogen-bond donors (Lipinski definition) is 0. The summed E-state index contributed by atoms with van der Waals surface area (Å²) >= 11 is 3.60. The van der Waals surface area contributed by atoms with E-state index < -0.39 is 0 Å². The van der Waals surface area contributed by atoms with Gasteiger partial charge in [0, 0.05) is 4.83 Å². The molecule has 0 spiro atoms. The summed E-state index contributed by atoms with van der Waals surface area (Å²) in [4.78, 5) is 0.669. The van der Waals surface area contributed by atoms with Crippen molar-refractivity contribution in [2.45, 2.75) is 38.9 Å². The Bertz CT molecular complexity index is 59.0. The molecule has 0 fully saturated rings. The van der Waals surface area contributed by atoms with Gasteiger partial charge in [-0.15, -0.1) is 0 Å². The second-order valence-electron chi connectivity index (χ2n) is 2.99. The van der Waals surface area contributed by atoms with Gasteiger partial charge in [-0.25, -0.2) is 0 Å². The maximum absolute atomic E-state index is 3.60. The number of rotatable bonds is 3. The predicted molar refractivity (Wildman–Crippen MR) is 47.0 cm³/mol. The quantitative estimate of drug-likeness (QED) is 0.602. The molecule has 0 rings (SSSR count). The summed E-state index contributed by atoms with van der Waals surface area (Å²) in [5.74, 6) is 1.65. The lowest BCUT2D eigenvalue weighted by Crippen LogP contribution is -2.16. The van der Waals surface area contributed by atoms with Crippen LogP contribution in [0.1, 0.15) is 34.1 Å². The molecule has 0 amide bonds. The summed E-state index contributed by atoms with van der Waals surface area (Å²) in [6, 6.07) is 0. The zero-order valence-corrected chi connectivity index (χ0v) is 8.40. The van der Waals surface area contributed by atoms with E-state index in [4.69, 9.17) is 0 Å². The average molecular weight is 193 g/mol. The van der Waals surface area contributed by atoms with Gasteiger partial charge in [0.25, 0.3) is 0 Å². The fourth-order valence-electron chi connectivity index (χ4n) is 1.33. The molecule has 0 heterocycles. The van der Waals surface area contributed by atoms with E-state index in [0.717, 1.165) is 11.8 Å². The van der Waals surface area contributed by atoms with E-state index in [2.05, 4.69) is 43.6 Å². The summed E-state index contributed by atoms with van der Waals surface area (Å²) in [6.45, 7) is 9.05. The van der Waals surface area contributed by atoms with Gasteiger partial charge in [0.1, 0.15) is 0 Å². The second-order valence-corrected chi connectivity index (χ2v) is 4.44. The van der Waals surface area contributed by atoms with E-state index in [0.29, 0.717) is 4.83 Å². The van der Waals surface area contributed by atoms with E-state index in [1.807, 2.05) is 0 Å². The molecule has 9 heavy (non-hydrogen) atoms. The maximum atomic E-state index is 3.60. The van der Waals surface area contributed by atoms with Crippen molar-refractivity contribution >= 4 is 15.9 Å². The molecule has 0 N–H and O–H groups in total. The Hall–Kier alpha value is 0.480. The molecule has 0 saturated carbocycles. The third-order valence-electron chi connectivity index (χ3n) is 1.92. The first-order valence-electron chi connectivity index (χ1n) is 3.73. The third kappa shape index (κ3) is 3.24. The van der Waals surface area contributed by atoms with E-state index in [-0.39, 0.29) is 0 Å². The van der Waals surface area contributed by atoms with E-state index in [1.165, 1.54) is 6.42 Å². The van der Waals surface area contributed by atoms with Crippen molar-refractivity contribution in [3.05, 3.63) is 0 Å². The van der Waals surface area contributed by atoms with Gasteiger partial charge >= 0.3 is 0 Å². The fraction of sp³-hybridized carbons (Fsp3) is 1.00. The zero-order chi connectivity index (χ0) is 7.44. The largest absolute Gasteiger partial charge is 0.0891 e. The maximum Gasteiger partial charge on any atom is 0.0148 e. The van der Waals surface area contributed by atoms with Crippen LogP contribution in [0.5, 0.6) is 0 Å². The van der Waals surface area contributed by atoms with Gasteiger partial charge in [-0.3, -0.25) is 0 Å². The van der Waals surface area contributed by atoms with Gasteiger partial charge in [0.2, 0.25) is 0 Å². The monoisotopic (exact) mass is 192 g/mol. The van der Waals surface area contributed by atoms with E-state index >= 15 is 0 Å². The fourth-order valence-corrected chi connectivity index (χ4v) is 2.31. The summed E-state index contributed by atoms with van der Waals surface area (Å²) in [7, 11) is 0. The van der Waals surface area contributed by atoms with Crippen LogP contribution in [0, 0.1) is 11.8 Å². The number of halogens is 1. The highest BCUT2D eigenvalue weighted by atomic mass is 79.9. The molecule has 0 nitrogen and oxygen atoms in total. The second kappa shape index (κ2) is 4.32. The predicted octanol–water partition coefficient (Wildman–Crippen LogP) is 3.45. The molecular weight excluding hydrogens is 176 g/mol. The van der Waals surface area contributed by atoms with Crippen molar-refractivity contribution in [2.24, 2.45) is 11.8 Å². The number of alkyl halides is 1. The summed E-state index contributed by atoms with van der Waals surface area (Å²) in [5, 5.41) is 0. The molecule has 0 radical (unpaired) electrons. The van der Waals surface area contributed by atoms with Crippen molar-refractivity contribution in [2.75, 3.05) is 0 Å². The third-order valence-corrected chi connectivity index (χ3v) is 2.60. The van der Waals surface area contributed by atoms with Gasteiger partial charge in [0.05, 0.1) is 0 Å². The van der Waals surface area contributed by atoms with Gasteiger partial charge < -0.3 is 0 Å². The van der Waals surface area contributed by atoms with Crippen LogP contribution in [0.2, 0.25) is 0 Å². The summed E-state index contributed by atoms with van der Waals surface area (Å²) < 4.78 is 0. The minimum absolute atomic E-state index is 0.669. The topological polar surface area (TPSA) is 0 Å². The molecule has 0 aromatic heterocycles. The minimum Gasteiger partial charge on any atom is -0.0891 e. The van der Waals surface area contributed by atoms with Crippen LogP contribution in [0.3, 0.4) is 0 Å². The highest BCUT2D eigenvalue weighted by Gasteiger charge is 2.15. The SMILES string of the molecule is CCC(C(C)C)C(C)Br. The first-order valence-corrected chi connectivity index (χ1v) is 4.65. The zero-order valence-electron chi connectivity index (χ0n) is 6.82. The van der Waals surface area contributed by atoms with E-state index in [9.17, 15) is 0 Å². The molecule has 1 heteroatoms. The van der Waals surface area contributed by atoms with Crippen LogP contribution in [0.15, 0.2) is 0 Å². The smallest absolute Gasteiger partial charge is 0.0148 e. The van der Waals surface area contributed by atoms with Crippen molar-refractivity contribution in [3.63, 3.8) is 0 Å². The van der Waals surface area contributed by atoms with Gasteiger partial charge in [0.15, 0.2) is 0 Å². The lowest BCUT2D eigenvalue weighted by molar-refractivity contribution is 0.375. The molecule has 0 saturated heterocycles. The van der Waals surface area contributed by atoms with Crippen molar-refractivity contribution in [1.29, 1.82) is 0 Å². The average Bonchev–Trinajstić information content (AvgIpc) is 1.64. The molecule has 2 atom stereocenters. The molecule has 0 aromatic rings. The summed E-state index contributed by atoms with van der Waals surface area (Å²) in [6.07, 6.45) is 1.28. The van der Waals surface area contributed by atoms with Crippen LogP contribution in [-0.2, 0) is 0 Å². The van der Waals surface area contributed by atoms with Crippen molar-refractivity contribution in [3.8, 4) is 0 Å². The Morgan fingerprint density at radius 3 is 1.67 bits per heavy atom.